The van der Waals surface area contributed by atoms with Gasteiger partial charge in [-0.1, -0.05) is 97.5 Å². The Hall–Kier alpha value is -1.85. The highest BCUT2D eigenvalue weighted by Gasteiger charge is 2.35. The Morgan fingerprint density at radius 2 is 1.59 bits per heavy atom. The van der Waals surface area contributed by atoms with Crippen LogP contribution >= 0.6 is 24.0 Å². The molecule has 2 unspecified atom stereocenters. The lowest BCUT2D eigenvalue weighted by Crippen LogP contribution is -2.49. The number of benzene rings is 2. The number of piperidine rings is 1. The van der Waals surface area contributed by atoms with Crippen LogP contribution in [0.1, 0.15) is 68.5 Å². The highest BCUT2D eigenvalue weighted by atomic mass is 32.2. The Labute approximate surface area is 202 Å². The van der Waals surface area contributed by atoms with E-state index in [-0.39, 0.29) is 6.04 Å². The van der Waals surface area contributed by atoms with E-state index in [0.29, 0.717) is 18.4 Å². The van der Waals surface area contributed by atoms with Crippen molar-refractivity contribution in [3.63, 3.8) is 0 Å². The molecule has 32 heavy (non-hydrogen) atoms. The van der Waals surface area contributed by atoms with Crippen LogP contribution in [-0.2, 0) is 4.79 Å². The smallest absolute Gasteiger partial charge is 0.222 e. The number of nitrogens with zero attached hydrogens (tertiary/aromatic N) is 1. The van der Waals surface area contributed by atoms with Crippen molar-refractivity contribution in [3.05, 3.63) is 71.8 Å². The molecule has 1 heterocycles. The number of amides is 1. The quantitative estimate of drug-likeness (QED) is 0.381. The number of nitrogens with one attached hydrogen (secondary N) is 1. The van der Waals surface area contributed by atoms with Gasteiger partial charge in [-0.15, -0.1) is 0 Å². The van der Waals surface area contributed by atoms with E-state index in [2.05, 4.69) is 58.7 Å². The van der Waals surface area contributed by atoms with E-state index >= 15 is 0 Å². The minimum atomic E-state index is 0.0376. The van der Waals surface area contributed by atoms with Crippen molar-refractivity contribution in [3.8, 4) is 0 Å². The van der Waals surface area contributed by atoms with E-state index in [1.54, 1.807) is 11.8 Å². The van der Waals surface area contributed by atoms with Crippen molar-refractivity contribution < 1.29 is 4.79 Å². The number of hydrogen-bond acceptors (Lipinski definition) is 3. The fourth-order valence-electron chi connectivity index (χ4n) is 5.28. The molecular weight excluding hydrogens is 432 g/mol. The van der Waals surface area contributed by atoms with Gasteiger partial charge < -0.3 is 10.2 Å². The Morgan fingerprint density at radius 3 is 2.28 bits per heavy atom. The summed E-state index contributed by atoms with van der Waals surface area (Å²) in [6, 6.07) is 21.4. The summed E-state index contributed by atoms with van der Waals surface area (Å²) >= 11 is 7.32. The Morgan fingerprint density at radius 1 is 0.969 bits per heavy atom. The topological polar surface area (TPSA) is 32.3 Å². The molecule has 2 aromatic rings. The van der Waals surface area contributed by atoms with Crippen molar-refractivity contribution >= 4 is 34.2 Å². The van der Waals surface area contributed by atoms with Gasteiger partial charge >= 0.3 is 0 Å². The van der Waals surface area contributed by atoms with Gasteiger partial charge in [0, 0.05) is 24.8 Å². The van der Waals surface area contributed by atoms with E-state index in [1.807, 2.05) is 12.1 Å². The number of likely N-dealkylation sites (tertiary alicyclic amines) is 1. The molecule has 2 aliphatic rings. The van der Waals surface area contributed by atoms with Crippen LogP contribution in [0.2, 0.25) is 0 Å². The lowest BCUT2D eigenvalue weighted by atomic mass is 9.78. The van der Waals surface area contributed by atoms with E-state index in [1.165, 1.54) is 49.7 Å². The van der Waals surface area contributed by atoms with Gasteiger partial charge in [0.05, 0.1) is 6.04 Å². The zero-order valence-electron chi connectivity index (χ0n) is 18.7. The first-order chi connectivity index (χ1) is 15.7. The molecule has 0 spiro atoms. The average molecular weight is 467 g/mol. The lowest BCUT2D eigenvalue weighted by Gasteiger charge is -2.44. The SMILES string of the molecule is O=C(CCCSC(=S)NC(c1ccccc1)c1ccccc1)N1CCCC2CCCCC21. The van der Waals surface area contributed by atoms with Crippen molar-refractivity contribution in [2.45, 2.75) is 63.5 Å². The largest absolute Gasteiger partial charge is 0.360 e. The van der Waals surface area contributed by atoms with Crippen molar-refractivity contribution in [2.75, 3.05) is 12.3 Å². The number of rotatable bonds is 7. The number of carbonyl (C=O) groups is 1. The summed E-state index contributed by atoms with van der Waals surface area (Å²) in [5, 5.41) is 3.54. The maximum atomic E-state index is 12.9. The third kappa shape index (κ3) is 6.14. The average Bonchev–Trinajstić information content (AvgIpc) is 2.85. The van der Waals surface area contributed by atoms with Gasteiger partial charge in [0.25, 0.3) is 0 Å². The molecule has 5 heteroatoms. The second-order valence-electron chi connectivity index (χ2n) is 8.98. The molecular formula is C27H34N2OS2. The molecule has 170 valence electrons. The standard InChI is InChI=1S/C27H34N2OS2/c30-25(29-19-9-16-21-11-7-8-17-24(21)29)18-10-20-32-27(31)28-26(22-12-3-1-4-13-22)23-14-5-2-6-15-23/h1-6,12-15,21,24,26H,7-11,16-20H2,(H,28,31). The van der Waals surface area contributed by atoms with Gasteiger partial charge in [0.1, 0.15) is 4.32 Å². The lowest BCUT2D eigenvalue weighted by molar-refractivity contribution is -0.137. The van der Waals surface area contributed by atoms with Crippen LogP contribution in [0.15, 0.2) is 60.7 Å². The number of hydrogen-bond donors (Lipinski definition) is 1. The number of thiocarbonyl (C=S) groups is 1. The first-order valence-electron chi connectivity index (χ1n) is 12.0. The van der Waals surface area contributed by atoms with Crippen LogP contribution in [0.5, 0.6) is 0 Å². The highest BCUT2D eigenvalue weighted by molar-refractivity contribution is 8.22. The normalized spacial score (nSPS) is 20.6. The first kappa shape index (κ1) is 23.3. The zero-order chi connectivity index (χ0) is 22.2. The summed E-state index contributed by atoms with van der Waals surface area (Å²) in [7, 11) is 0. The van der Waals surface area contributed by atoms with Gasteiger partial charge in [-0.2, -0.15) is 0 Å². The maximum Gasteiger partial charge on any atom is 0.222 e. The molecule has 1 saturated carbocycles. The first-order valence-corrected chi connectivity index (χ1v) is 13.4. The summed E-state index contributed by atoms with van der Waals surface area (Å²) < 4.78 is 0.792. The second kappa shape index (κ2) is 11.9. The fraction of sp³-hybridized carbons (Fsp3) is 0.481. The summed E-state index contributed by atoms with van der Waals surface area (Å²) in [4.78, 5) is 15.1. The van der Waals surface area contributed by atoms with Gasteiger partial charge in [0.15, 0.2) is 0 Å². The molecule has 2 fully saturated rings. The zero-order valence-corrected chi connectivity index (χ0v) is 20.4. The van der Waals surface area contributed by atoms with E-state index in [9.17, 15) is 4.79 Å². The number of thioether (sulfide) groups is 1. The maximum absolute atomic E-state index is 12.9. The summed E-state index contributed by atoms with van der Waals surface area (Å²) in [5.74, 6) is 1.98. The summed E-state index contributed by atoms with van der Waals surface area (Å²) in [6.07, 6.45) is 9.15. The minimum Gasteiger partial charge on any atom is -0.360 e. The third-order valence-corrected chi connectivity index (χ3v) is 8.20. The second-order valence-corrected chi connectivity index (χ2v) is 10.8. The minimum absolute atomic E-state index is 0.0376. The summed E-state index contributed by atoms with van der Waals surface area (Å²) in [6.45, 7) is 0.961. The van der Waals surface area contributed by atoms with E-state index < -0.39 is 0 Å². The molecule has 1 aliphatic carbocycles. The van der Waals surface area contributed by atoms with Gasteiger partial charge in [-0.25, -0.2) is 0 Å². The Bertz CT molecular complexity index is 832. The number of carbonyl (C=O) groups excluding carboxylic acids is 1. The van der Waals surface area contributed by atoms with Gasteiger partial charge in [0.2, 0.25) is 5.91 Å². The van der Waals surface area contributed by atoms with Crippen LogP contribution in [0.25, 0.3) is 0 Å². The summed E-state index contributed by atoms with van der Waals surface area (Å²) in [5.41, 5.74) is 2.40. The van der Waals surface area contributed by atoms with Crippen LogP contribution < -0.4 is 5.32 Å². The van der Waals surface area contributed by atoms with Crippen molar-refractivity contribution in [1.82, 2.24) is 10.2 Å². The molecule has 4 rings (SSSR count). The van der Waals surface area contributed by atoms with Gasteiger partial charge in [-0.3, -0.25) is 4.79 Å². The molecule has 2 atom stereocenters. The van der Waals surface area contributed by atoms with Gasteiger partial charge in [-0.05, 0) is 49.1 Å². The molecule has 1 aliphatic heterocycles. The Balaban J connectivity index is 1.25. The monoisotopic (exact) mass is 466 g/mol. The van der Waals surface area contributed by atoms with E-state index in [0.717, 1.165) is 29.0 Å². The van der Waals surface area contributed by atoms with Crippen molar-refractivity contribution in [2.24, 2.45) is 5.92 Å². The molecule has 1 saturated heterocycles. The van der Waals surface area contributed by atoms with Crippen LogP contribution in [0.3, 0.4) is 0 Å². The van der Waals surface area contributed by atoms with Crippen LogP contribution in [0, 0.1) is 5.92 Å². The predicted molar refractivity (Wildman–Crippen MR) is 139 cm³/mol. The molecule has 1 N–H and O–H groups in total. The Kier molecular flexibility index (Phi) is 8.63. The molecule has 0 radical (unpaired) electrons. The fourth-order valence-corrected chi connectivity index (χ4v) is 6.32. The molecule has 3 nitrogen and oxygen atoms in total. The van der Waals surface area contributed by atoms with Crippen LogP contribution in [-0.4, -0.2) is 33.5 Å². The third-order valence-electron chi connectivity index (χ3n) is 6.86. The van der Waals surface area contributed by atoms with Crippen LogP contribution in [0.4, 0.5) is 0 Å². The highest BCUT2D eigenvalue weighted by Crippen LogP contribution is 2.35. The van der Waals surface area contributed by atoms with Crippen molar-refractivity contribution in [1.29, 1.82) is 0 Å². The number of fused-ring (bicyclic) bond motifs is 1. The molecule has 0 bridgehead atoms. The molecule has 1 amide bonds. The predicted octanol–water partition coefficient (Wildman–Crippen LogP) is 6.35. The molecule has 0 aromatic heterocycles. The van der Waals surface area contributed by atoms with E-state index in [4.69, 9.17) is 12.2 Å². The molecule has 2 aromatic carbocycles.